The van der Waals surface area contributed by atoms with Gasteiger partial charge in [0.2, 0.25) is 5.91 Å². The molecule has 2 N–H and O–H groups in total. The maximum atomic E-state index is 12.3. The summed E-state index contributed by atoms with van der Waals surface area (Å²) >= 11 is 0. The quantitative estimate of drug-likeness (QED) is 0.734. The first-order valence-corrected chi connectivity index (χ1v) is 8.86. The van der Waals surface area contributed by atoms with Crippen LogP contribution >= 0.6 is 0 Å². The van der Waals surface area contributed by atoms with Crippen LogP contribution in [0.1, 0.15) is 36.7 Å². The molecule has 1 saturated carbocycles. The number of benzene rings is 1. The number of carbonyl (C=O) groups is 1. The van der Waals surface area contributed by atoms with Gasteiger partial charge in [0, 0.05) is 31.0 Å². The molecule has 0 atom stereocenters. The number of fused-ring (bicyclic) bond motifs is 1. The number of amides is 1. The molecule has 134 valence electrons. The number of imidazole rings is 1. The first-order chi connectivity index (χ1) is 12.6. The summed E-state index contributed by atoms with van der Waals surface area (Å²) in [6, 6.07) is 9.66. The molecule has 0 bridgehead atoms. The Balaban J connectivity index is 1.30. The largest absolute Gasteiger partial charge is 0.353 e. The third kappa shape index (κ3) is 3.24. The van der Waals surface area contributed by atoms with Crippen LogP contribution in [-0.4, -0.2) is 31.5 Å². The maximum Gasteiger partial charge on any atom is 0.250 e. The van der Waals surface area contributed by atoms with E-state index in [1.165, 1.54) is 12.4 Å². The minimum atomic E-state index is -0.134. The summed E-state index contributed by atoms with van der Waals surface area (Å²) in [4.78, 5) is 34.9. The molecular formula is C19H21N5O2. The van der Waals surface area contributed by atoms with Crippen LogP contribution in [-0.2, 0) is 11.3 Å². The molecule has 2 aromatic heterocycles. The highest BCUT2D eigenvalue weighted by atomic mass is 16.1. The van der Waals surface area contributed by atoms with Crippen molar-refractivity contribution in [3.63, 3.8) is 0 Å². The second-order valence-electron chi connectivity index (χ2n) is 6.82. The highest BCUT2D eigenvalue weighted by Crippen LogP contribution is 2.35. The smallest absolute Gasteiger partial charge is 0.250 e. The molecule has 26 heavy (non-hydrogen) atoms. The molecule has 0 radical (unpaired) electrons. The lowest BCUT2D eigenvalue weighted by atomic mass is 9.78. The molecule has 7 nitrogen and oxygen atoms in total. The van der Waals surface area contributed by atoms with Crippen molar-refractivity contribution in [3.8, 4) is 0 Å². The van der Waals surface area contributed by atoms with Gasteiger partial charge in [0.15, 0.2) is 0 Å². The number of aryl methyl sites for hydroxylation is 2. The molecular weight excluding hydrogens is 330 g/mol. The van der Waals surface area contributed by atoms with Crippen LogP contribution in [0.2, 0.25) is 0 Å². The molecule has 2 heterocycles. The number of nitrogens with one attached hydrogen (secondary N) is 2. The third-order valence-corrected chi connectivity index (χ3v) is 5.03. The highest BCUT2D eigenvalue weighted by molar-refractivity contribution is 5.78. The van der Waals surface area contributed by atoms with Gasteiger partial charge in [-0.15, -0.1) is 0 Å². The number of nitrogens with zero attached hydrogens (tertiary/aromatic N) is 3. The van der Waals surface area contributed by atoms with Crippen LogP contribution in [0.3, 0.4) is 0 Å². The zero-order valence-electron chi connectivity index (χ0n) is 14.6. The van der Waals surface area contributed by atoms with E-state index in [1.807, 2.05) is 31.2 Å². The Labute approximate surface area is 150 Å². The number of hydrogen-bond donors (Lipinski definition) is 2. The predicted molar refractivity (Wildman–Crippen MR) is 97.9 cm³/mol. The van der Waals surface area contributed by atoms with Crippen molar-refractivity contribution in [1.29, 1.82) is 0 Å². The number of aromatic amines is 1. The number of H-pyrrole nitrogens is 1. The second kappa shape index (κ2) is 6.74. The fourth-order valence-corrected chi connectivity index (χ4v) is 3.58. The monoisotopic (exact) mass is 351 g/mol. The van der Waals surface area contributed by atoms with Gasteiger partial charge in [0.25, 0.3) is 5.56 Å². The van der Waals surface area contributed by atoms with Gasteiger partial charge in [-0.05, 0) is 31.9 Å². The molecule has 1 aliphatic carbocycles. The van der Waals surface area contributed by atoms with E-state index in [1.54, 1.807) is 0 Å². The molecule has 0 aliphatic heterocycles. The molecule has 1 amide bonds. The highest BCUT2D eigenvalue weighted by Gasteiger charge is 2.32. The van der Waals surface area contributed by atoms with Crippen molar-refractivity contribution >= 4 is 16.9 Å². The summed E-state index contributed by atoms with van der Waals surface area (Å²) in [5, 5.41) is 3.07. The lowest BCUT2D eigenvalue weighted by Gasteiger charge is -2.35. The SMILES string of the molecule is Cc1nc2ccccc2n1CCC(=O)NC1CC(c2cc(=O)[nH]cn2)C1. The van der Waals surface area contributed by atoms with Crippen LogP contribution in [0.5, 0.6) is 0 Å². The minimum absolute atomic E-state index is 0.0458. The van der Waals surface area contributed by atoms with Crippen LogP contribution < -0.4 is 10.9 Å². The topological polar surface area (TPSA) is 92.7 Å². The third-order valence-electron chi connectivity index (χ3n) is 5.03. The van der Waals surface area contributed by atoms with Crippen molar-refractivity contribution in [2.45, 2.75) is 44.7 Å². The van der Waals surface area contributed by atoms with Crippen LogP contribution in [0.15, 0.2) is 41.5 Å². The van der Waals surface area contributed by atoms with E-state index in [2.05, 4.69) is 24.8 Å². The molecule has 1 aromatic carbocycles. The van der Waals surface area contributed by atoms with Gasteiger partial charge in [-0.25, -0.2) is 9.97 Å². The Hall–Kier alpha value is -2.96. The van der Waals surface area contributed by atoms with Crippen LogP contribution in [0, 0.1) is 6.92 Å². The normalized spacial score (nSPS) is 19.3. The zero-order valence-corrected chi connectivity index (χ0v) is 14.6. The molecule has 0 spiro atoms. The van der Waals surface area contributed by atoms with Crippen LogP contribution in [0.4, 0.5) is 0 Å². The van der Waals surface area contributed by atoms with E-state index in [-0.39, 0.29) is 23.4 Å². The van der Waals surface area contributed by atoms with Gasteiger partial charge in [0.05, 0.1) is 23.1 Å². The summed E-state index contributed by atoms with van der Waals surface area (Å²) in [6.07, 6.45) is 3.51. The average molecular weight is 351 g/mol. The lowest BCUT2D eigenvalue weighted by molar-refractivity contribution is -0.122. The molecule has 4 rings (SSSR count). The summed E-state index contributed by atoms with van der Waals surface area (Å²) in [6.45, 7) is 2.58. The van der Waals surface area contributed by atoms with Gasteiger partial charge in [0.1, 0.15) is 5.82 Å². The van der Waals surface area contributed by atoms with Crippen molar-refractivity contribution in [2.24, 2.45) is 0 Å². The summed E-state index contributed by atoms with van der Waals surface area (Å²) in [7, 11) is 0. The fraction of sp³-hybridized carbons (Fsp3) is 0.368. The molecule has 0 saturated heterocycles. The molecule has 7 heteroatoms. The fourth-order valence-electron chi connectivity index (χ4n) is 3.58. The maximum absolute atomic E-state index is 12.3. The van der Waals surface area contributed by atoms with E-state index in [0.29, 0.717) is 13.0 Å². The first-order valence-electron chi connectivity index (χ1n) is 8.86. The van der Waals surface area contributed by atoms with Gasteiger partial charge >= 0.3 is 0 Å². The van der Waals surface area contributed by atoms with E-state index in [0.717, 1.165) is 35.4 Å². The number of para-hydroxylation sites is 2. The molecule has 1 aliphatic rings. The van der Waals surface area contributed by atoms with Crippen molar-refractivity contribution in [3.05, 3.63) is 58.5 Å². The van der Waals surface area contributed by atoms with E-state index < -0.39 is 0 Å². The van der Waals surface area contributed by atoms with Gasteiger partial charge in [-0.1, -0.05) is 12.1 Å². The van der Waals surface area contributed by atoms with Crippen LogP contribution in [0.25, 0.3) is 11.0 Å². The molecule has 3 aromatic rings. The van der Waals surface area contributed by atoms with E-state index in [4.69, 9.17) is 0 Å². The number of aromatic nitrogens is 4. The van der Waals surface area contributed by atoms with E-state index >= 15 is 0 Å². The predicted octanol–water partition coefficient (Wildman–Crippen LogP) is 1.88. The van der Waals surface area contributed by atoms with Crippen molar-refractivity contribution in [2.75, 3.05) is 0 Å². The number of carbonyl (C=O) groups excluding carboxylic acids is 1. The average Bonchev–Trinajstić information content (AvgIpc) is 2.91. The Kier molecular flexibility index (Phi) is 4.28. The van der Waals surface area contributed by atoms with Crippen molar-refractivity contribution < 1.29 is 4.79 Å². The van der Waals surface area contributed by atoms with E-state index in [9.17, 15) is 9.59 Å². The minimum Gasteiger partial charge on any atom is -0.353 e. The van der Waals surface area contributed by atoms with Gasteiger partial charge < -0.3 is 14.9 Å². The Morgan fingerprint density at radius 1 is 1.35 bits per heavy atom. The Bertz CT molecular complexity index is 1000. The van der Waals surface area contributed by atoms with Crippen molar-refractivity contribution in [1.82, 2.24) is 24.8 Å². The number of hydrogen-bond acceptors (Lipinski definition) is 4. The Morgan fingerprint density at radius 3 is 2.96 bits per heavy atom. The summed E-state index contributed by atoms with van der Waals surface area (Å²) in [5.41, 5.74) is 2.68. The second-order valence-corrected chi connectivity index (χ2v) is 6.82. The van der Waals surface area contributed by atoms with Gasteiger partial charge in [-0.2, -0.15) is 0 Å². The molecule has 1 fully saturated rings. The Morgan fingerprint density at radius 2 is 2.15 bits per heavy atom. The first kappa shape index (κ1) is 16.5. The van der Waals surface area contributed by atoms with Gasteiger partial charge in [-0.3, -0.25) is 9.59 Å². The zero-order chi connectivity index (χ0) is 18.1. The standard InChI is InChI=1S/C19H21N5O2/c1-12-22-15-4-2-3-5-17(15)24(12)7-6-18(25)23-14-8-13(9-14)16-10-19(26)21-11-20-16/h2-5,10-11,13-14H,6-9H2,1H3,(H,23,25)(H,20,21,26). The molecule has 0 unspecified atom stereocenters. The summed E-state index contributed by atoms with van der Waals surface area (Å²) < 4.78 is 2.08. The number of rotatable bonds is 5. The summed E-state index contributed by atoms with van der Waals surface area (Å²) in [5.74, 6) is 1.22. The lowest BCUT2D eigenvalue weighted by Crippen LogP contribution is -2.44.